The molecule has 1 N–H and O–H groups in total. The summed E-state index contributed by atoms with van der Waals surface area (Å²) in [6.45, 7) is 4.22. The van der Waals surface area contributed by atoms with Crippen LogP contribution in [0, 0.1) is 5.41 Å². The van der Waals surface area contributed by atoms with Crippen molar-refractivity contribution >= 4 is 11.7 Å². The molecule has 0 bridgehead atoms. The number of methoxy groups -OCH3 is 3. The van der Waals surface area contributed by atoms with Crippen molar-refractivity contribution in [1.82, 2.24) is 14.8 Å². The van der Waals surface area contributed by atoms with Crippen LogP contribution >= 0.6 is 0 Å². The summed E-state index contributed by atoms with van der Waals surface area (Å²) in [5.74, 6) is 2.93. The molecule has 0 fully saturated rings. The molecule has 8 nitrogen and oxygen atoms in total. The smallest absolute Gasteiger partial charge is 0.226 e. The number of hydrogen-bond acceptors (Lipinski definition) is 7. The van der Waals surface area contributed by atoms with Crippen molar-refractivity contribution in [3.63, 3.8) is 0 Å². The van der Waals surface area contributed by atoms with E-state index in [-0.39, 0.29) is 11.2 Å². The monoisotopic (exact) mass is 460 g/mol. The molecule has 34 heavy (non-hydrogen) atoms. The van der Waals surface area contributed by atoms with E-state index < -0.39 is 6.04 Å². The van der Waals surface area contributed by atoms with Crippen LogP contribution in [-0.2, 0) is 4.79 Å². The van der Waals surface area contributed by atoms with E-state index in [9.17, 15) is 4.79 Å². The quantitative estimate of drug-likeness (QED) is 0.594. The first-order valence-electron chi connectivity index (χ1n) is 11.2. The molecule has 0 saturated heterocycles. The summed E-state index contributed by atoms with van der Waals surface area (Å²) < 4.78 is 18.6. The first kappa shape index (κ1) is 22.0. The Bertz CT molecular complexity index is 1290. The van der Waals surface area contributed by atoms with Crippen molar-refractivity contribution in [1.29, 1.82) is 0 Å². The van der Waals surface area contributed by atoms with E-state index >= 15 is 0 Å². The molecule has 0 saturated carbocycles. The molecule has 1 atom stereocenters. The van der Waals surface area contributed by atoms with Crippen LogP contribution < -0.4 is 19.5 Å². The SMILES string of the molecule is COc1cc(OC)c(C2C3=C(CC(C)(C)CC3=O)Nc3nc(-c4ccccc4)nn32)cc1OC. The first-order chi connectivity index (χ1) is 16.3. The molecule has 1 unspecified atom stereocenters. The number of ether oxygens (including phenoxy) is 3. The lowest BCUT2D eigenvalue weighted by Crippen LogP contribution is -2.36. The zero-order chi connectivity index (χ0) is 24.0. The second kappa shape index (κ2) is 8.20. The summed E-state index contributed by atoms with van der Waals surface area (Å²) in [7, 11) is 4.77. The van der Waals surface area contributed by atoms with Crippen molar-refractivity contribution in [3.05, 3.63) is 59.3 Å². The minimum absolute atomic E-state index is 0.0861. The molecular weight excluding hydrogens is 432 g/mol. The molecule has 3 aromatic rings. The molecule has 5 rings (SSSR count). The average molecular weight is 461 g/mol. The zero-order valence-corrected chi connectivity index (χ0v) is 20.0. The summed E-state index contributed by atoms with van der Waals surface area (Å²) in [5.41, 5.74) is 3.06. The molecule has 2 aromatic carbocycles. The molecule has 0 amide bonds. The van der Waals surface area contributed by atoms with E-state index in [1.807, 2.05) is 36.4 Å². The topological polar surface area (TPSA) is 87.5 Å². The molecule has 0 radical (unpaired) electrons. The lowest BCUT2D eigenvalue weighted by molar-refractivity contribution is -0.118. The van der Waals surface area contributed by atoms with Gasteiger partial charge in [0.15, 0.2) is 23.1 Å². The Kier molecular flexibility index (Phi) is 5.31. The molecule has 0 spiro atoms. The highest BCUT2D eigenvalue weighted by atomic mass is 16.5. The Labute approximate surface area is 198 Å². The Morgan fingerprint density at radius 2 is 1.65 bits per heavy atom. The van der Waals surface area contributed by atoms with Gasteiger partial charge in [-0.1, -0.05) is 44.2 Å². The van der Waals surface area contributed by atoms with Gasteiger partial charge in [-0.05, 0) is 17.9 Å². The fourth-order valence-corrected chi connectivity index (χ4v) is 4.87. The minimum Gasteiger partial charge on any atom is -0.496 e. The Morgan fingerprint density at radius 3 is 2.32 bits per heavy atom. The zero-order valence-electron chi connectivity index (χ0n) is 20.0. The Hall–Kier alpha value is -3.81. The van der Waals surface area contributed by atoms with Crippen LogP contribution in [0.25, 0.3) is 11.4 Å². The molecule has 8 heteroatoms. The average Bonchev–Trinajstić information content (AvgIpc) is 3.25. The van der Waals surface area contributed by atoms with Gasteiger partial charge in [0.05, 0.1) is 21.3 Å². The van der Waals surface area contributed by atoms with E-state index in [4.69, 9.17) is 24.3 Å². The standard InChI is InChI=1S/C26H28N4O4/c1-26(2)13-17-22(18(31)14-26)23(16-11-20(33-4)21(34-5)12-19(16)32-3)30-25(27-17)28-24(29-30)15-9-7-6-8-10-15/h6-12,23H,13-14H2,1-5H3,(H,27,28,29). The van der Waals surface area contributed by atoms with Gasteiger partial charge in [0.25, 0.3) is 0 Å². The third kappa shape index (κ3) is 3.59. The van der Waals surface area contributed by atoms with Crippen LogP contribution in [-0.4, -0.2) is 41.9 Å². The van der Waals surface area contributed by atoms with Crippen molar-refractivity contribution < 1.29 is 19.0 Å². The van der Waals surface area contributed by atoms with Gasteiger partial charge in [0.2, 0.25) is 5.95 Å². The van der Waals surface area contributed by atoms with E-state index in [0.29, 0.717) is 41.0 Å². The third-order valence-electron chi connectivity index (χ3n) is 6.39. The number of nitrogens with zero attached hydrogens (tertiary/aromatic N) is 3. The maximum atomic E-state index is 13.5. The van der Waals surface area contributed by atoms with Gasteiger partial charge in [-0.3, -0.25) is 4.79 Å². The molecular formula is C26H28N4O4. The number of ketones is 1. The number of nitrogens with one attached hydrogen (secondary N) is 1. The number of hydrogen-bond donors (Lipinski definition) is 1. The van der Waals surface area contributed by atoms with E-state index in [0.717, 1.165) is 23.2 Å². The van der Waals surface area contributed by atoms with E-state index in [1.54, 1.807) is 32.1 Å². The summed E-state index contributed by atoms with van der Waals surface area (Å²) in [6.07, 6.45) is 1.18. The normalized spacial score (nSPS) is 18.6. The van der Waals surface area contributed by atoms with Gasteiger partial charge in [0, 0.05) is 34.9 Å². The minimum atomic E-state index is -0.519. The maximum Gasteiger partial charge on any atom is 0.226 e. The van der Waals surface area contributed by atoms with Crippen LogP contribution in [0.2, 0.25) is 0 Å². The van der Waals surface area contributed by atoms with Crippen LogP contribution in [0.4, 0.5) is 5.95 Å². The lowest BCUT2D eigenvalue weighted by Gasteiger charge is -2.38. The third-order valence-corrected chi connectivity index (χ3v) is 6.39. The molecule has 2 heterocycles. The number of carbonyl (C=O) groups is 1. The van der Waals surface area contributed by atoms with Crippen molar-refractivity contribution in [3.8, 4) is 28.6 Å². The largest absolute Gasteiger partial charge is 0.496 e. The molecule has 1 aliphatic carbocycles. The van der Waals surface area contributed by atoms with Gasteiger partial charge < -0.3 is 19.5 Å². The fourth-order valence-electron chi connectivity index (χ4n) is 4.87. The van der Waals surface area contributed by atoms with Crippen LogP contribution in [0.15, 0.2) is 53.7 Å². The number of allylic oxidation sites excluding steroid dienone is 2. The highest BCUT2D eigenvalue weighted by Crippen LogP contribution is 2.49. The highest BCUT2D eigenvalue weighted by Gasteiger charge is 2.43. The number of Topliss-reactive ketones (excluding diaryl/α,β-unsaturated/α-hetero) is 1. The number of benzene rings is 2. The van der Waals surface area contributed by atoms with Gasteiger partial charge in [0.1, 0.15) is 11.8 Å². The Balaban J connectivity index is 1.75. The summed E-state index contributed by atoms with van der Waals surface area (Å²) in [5, 5.41) is 8.26. The second-order valence-electron chi connectivity index (χ2n) is 9.38. The van der Waals surface area contributed by atoms with Gasteiger partial charge in [-0.25, -0.2) is 4.68 Å². The lowest BCUT2D eigenvalue weighted by atomic mass is 9.73. The molecule has 1 aliphatic heterocycles. The maximum absolute atomic E-state index is 13.5. The van der Waals surface area contributed by atoms with Crippen LogP contribution in [0.3, 0.4) is 0 Å². The van der Waals surface area contributed by atoms with Crippen LogP contribution in [0.5, 0.6) is 17.2 Å². The number of rotatable bonds is 5. The predicted molar refractivity (Wildman–Crippen MR) is 128 cm³/mol. The Morgan fingerprint density at radius 1 is 0.971 bits per heavy atom. The molecule has 2 aliphatic rings. The van der Waals surface area contributed by atoms with Crippen molar-refractivity contribution in [2.45, 2.75) is 32.7 Å². The second-order valence-corrected chi connectivity index (χ2v) is 9.38. The predicted octanol–water partition coefficient (Wildman–Crippen LogP) is 4.63. The van der Waals surface area contributed by atoms with Crippen LogP contribution in [0.1, 0.15) is 38.3 Å². The highest BCUT2D eigenvalue weighted by molar-refractivity contribution is 6.00. The number of anilines is 1. The molecule has 176 valence electrons. The summed E-state index contributed by atoms with van der Waals surface area (Å²) in [4.78, 5) is 18.3. The number of carbonyl (C=O) groups excluding carboxylic acids is 1. The molecule has 1 aromatic heterocycles. The van der Waals surface area contributed by atoms with E-state index in [1.165, 1.54) is 0 Å². The fraction of sp³-hybridized carbons (Fsp3) is 0.346. The van der Waals surface area contributed by atoms with Gasteiger partial charge in [-0.2, -0.15) is 4.98 Å². The summed E-state index contributed by atoms with van der Waals surface area (Å²) >= 11 is 0. The van der Waals surface area contributed by atoms with Gasteiger partial charge >= 0.3 is 0 Å². The van der Waals surface area contributed by atoms with Crippen molar-refractivity contribution in [2.24, 2.45) is 5.41 Å². The first-order valence-corrected chi connectivity index (χ1v) is 11.2. The number of fused-ring (bicyclic) bond motifs is 1. The van der Waals surface area contributed by atoms with E-state index in [2.05, 4.69) is 19.2 Å². The van der Waals surface area contributed by atoms with Crippen molar-refractivity contribution in [2.75, 3.05) is 26.6 Å². The number of aromatic nitrogens is 3. The van der Waals surface area contributed by atoms with Gasteiger partial charge in [-0.15, -0.1) is 5.10 Å². The summed E-state index contributed by atoms with van der Waals surface area (Å²) in [6, 6.07) is 12.9.